The number of amides is 1. The topological polar surface area (TPSA) is 66.4 Å². The van der Waals surface area contributed by atoms with Gasteiger partial charge in [-0.25, -0.2) is 0 Å². The highest BCUT2D eigenvalue weighted by Crippen LogP contribution is 2.12. The van der Waals surface area contributed by atoms with Gasteiger partial charge in [0.2, 0.25) is 0 Å². The SMILES string of the molecule is CC#CC(=O)NCC(C)(C)C(=O)O. The van der Waals surface area contributed by atoms with Gasteiger partial charge < -0.3 is 10.4 Å². The summed E-state index contributed by atoms with van der Waals surface area (Å²) < 4.78 is 0. The van der Waals surface area contributed by atoms with Crippen LogP contribution in [0.2, 0.25) is 0 Å². The molecule has 0 radical (unpaired) electrons. The third-order valence-electron chi connectivity index (χ3n) is 1.51. The molecule has 0 fully saturated rings. The molecule has 0 aliphatic heterocycles. The lowest BCUT2D eigenvalue weighted by atomic mass is 9.94. The number of nitrogens with one attached hydrogen (secondary N) is 1. The van der Waals surface area contributed by atoms with Gasteiger partial charge in [0.05, 0.1) is 5.41 Å². The van der Waals surface area contributed by atoms with E-state index in [1.165, 1.54) is 13.8 Å². The van der Waals surface area contributed by atoms with Gasteiger partial charge in [0.1, 0.15) is 0 Å². The number of carbonyl (C=O) groups is 2. The smallest absolute Gasteiger partial charge is 0.310 e. The van der Waals surface area contributed by atoms with Crippen LogP contribution >= 0.6 is 0 Å². The number of carbonyl (C=O) groups excluding carboxylic acids is 1. The Hall–Kier alpha value is -1.50. The Labute approximate surface area is 77.3 Å². The van der Waals surface area contributed by atoms with Crippen LogP contribution < -0.4 is 5.32 Å². The number of hydrogen-bond donors (Lipinski definition) is 2. The predicted molar refractivity (Wildman–Crippen MR) is 47.9 cm³/mol. The lowest BCUT2D eigenvalue weighted by Gasteiger charge is -2.18. The van der Waals surface area contributed by atoms with Crippen LogP contribution in [0.25, 0.3) is 0 Å². The first kappa shape index (κ1) is 11.5. The summed E-state index contributed by atoms with van der Waals surface area (Å²) in [6, 6.07) is 0. The van der Waals surface area contributed by atoms with Gasteiger partial charge in [-0.1, -0.05) is 5.92 Å². The minimum absolute atomic E-state index is 0.0792. The van der Waals surface area contributed by atoms with E-state index in [-0.39, 0.29) is 6.54 Å². The van der Waals surface area contributed by atoms with Crippen molar-refractivity contribution in [3.63, 3.8) is 0 Å². The van der Waals surface area contributed by atoms with Crippen LogP contribution in [-0.2, 0) is 9.59 Å². The molecule has 0 rings (SSSR count). The maximum absolute atomic E-state index is 10.8. The lowest BCUT2D eigenvalue weighted by Crippen LogP contribution is -2.38. The minimum atomic E-state index is -0.953. The van der Waals surface area contributed by atoms with E-state index in [4.69, 9.17) is 5.11 Å². The third-order valence-corrected chi connectivity index (χ3v) is 1.51. The van der Waals surface area contributed by atoms with Crippen LogP contribution in [0.1, 0.15) is 20.8 Å². The molecule has 0 aliphatic rings. The molecule has 0 aromatic heterocycles. The molecule has 0 aliphatic carbocycles. The Bertz CT molecular complexity index is 270. The molecular weight excluding hydrogens is 170 g/mol. The van der Waals surface area contributed by atoms with Crippen LogP contribution in [0, 0.1) is 17.3 Å². The summed E-state index contributed by atoms with van der Waals surface area (Å²) in [4.78, 5) is 21.4. The summed E-state index contributed by atoms with van der Waals surface area (Å²) in [6.45, 7) is 4.70. The number of carboxylic acid groups (broad SMARTS) is 1. The molecule has 0 saturated carbocycles. The van der Waals surface area contributed by atoms with Gasteiger partial charge >= 0.3 is 5.97 Å². The number of rotatable bonds is 3. The summed E-state index contributed by atoms with van der Waals surface area (Å²) in [5.74, 6) is 3.29. The van der Waals surface area contributed by atoms with Crippen LogP contribution in [0.3, 0.4) is 0 Å². The molecule has 13 heavy (non-hydrogen) atoms. The molecule has 0 saturated heterocycles. The Balaban J connectivity index is 4.07. The van der Waals surface area contributed by atoms with Gasteiger partial charge in [0, 0.05) is 6.54 Å². The van der Waals surface area contributed by atoms with Crippen molar-refractivity contribution in [3.8, 4) is 11.8 Å². The molecule has 1 amide bonds. The fourth-order valence-corrected chi connectivity index (χ4v) is 0.535. The van der Waals surface area contributed by atoms with Gasteiger partial charge in [-0.15, -0.1) is 0 Å². The molecule has 0 unspecified atom stereocenters. The number of hydrogen-bond acceptors (Lipinski definition) is 2. The van der Waals surface area contributed by atoms with Gasteiger partial charge in [-0.2, -0.15) is 0 Å². The Morgan fingerprint density at radius 1 is 1.46 bits per heavy atom. The molecule has 0 aromatic carbocycles. The zero-order chi connectivity index (χ0) is 10.5. The van der Waals surface area contributed by atoms with Crippen LogP contribution in [-0.4, -0.2) is 23.5 Å². The summed E-state index contributed by atoms with van der Waals surface area (Å²) in [6.07, 6.45) is 0. The lowest BCUT2D eigenvalue weighted by molar-refractivity contribution is -0.146. The molecule has 4 nitrogen and oxygen atoms in total. The van der Waals surface area contributed by atoms with Crippen LogP contribution in [0.5, 0.6) is 0 Å². The first-order chi connectivity index (χ1) is 5.90. The maximum atomic E-state index is 10.8. The highest BCUT2D eigenvalue weighted by atomic mass is 16.4. The van der Waals surface area contributed by atoms with E-state index in [9.17, 15) is 9.59 Å². The highest BCUT2D eigenvalue weighted by molar-refractivity contribution is 5.93. The summed E-state index contributed by atoms with van der Waals surface area (Å²) in [7, 11) is 0. The second-order valence-corrected chi connectivity index (χ2v) is 3.25. The maximum Gasteiger partial charge on any atom is 0.310 e. The second kappa shape index (κ2) is 4.51. The van der Waals surface area contributed by atoms with E-state index < -0.39 is 17.3 Å². The van der Waals surface area contributed by atoms with E-state index in [0.717, 1.165) is 0 Å². The molecule has 0 aromatic rings. The molecule has 0 spiro atoms. The van der Waals surface area contributed by atoms with Crippen LogP contribution in [0.4, 0.5) is 0 Å². The summed E-state index contributed by atoms with van der Waals surface area (Å²) in [5.41, 5.74) is -0.953. The Morgan fingerprint density at radius 3 is 2.38 bits per heavy atom. The standard InChI is InChI=1S/C9H13NO3/c1-4-5-7(11)10-6-9(2,3)8(12)13/h6H2,1-3H3,(H,10,11)(H,12,13). The first-order valence-electron chi connectivity index (χ1n) is 3.84. The zero-order valence-corrected chi connectivity index (χ0v) is 7.97. The summed E-state index contributed by atoms with van der Waals surface area (Å²) in [5, 5.41) is 11.1. The Morgan fingerprint density at radius 2 is 2.00 bits per heavy atom. The fourth-order valence-electron chi connectivity index (χ4n) is 0.535. The third kappa shape index (κ3) is 4.16. The predicted octanol–water partition coefficient (Wildman–Crippen LogP) is 0.237. The normalized spacial score (nSPS) is 9.77. The van der Waals surface area contributed by atoms with Crippen molar-refractivity contribution in [1.29, 1.82) is 0 Å². The van der Waals surface area contributed by atoms with Crippen molar-refractivity contribution in [2.75, 3.05) is 6.54 Å². The summed E-state index contributed by atoms with van der Waals surface area (Å²) >= 11 is 0. The van der Waals surface area contributed by atoms with Crippen molar-refractivity contribution in [3.05, 3.63) is 0 Å². The van der Waals surface area contributed by atoms with E-state index >= 15 is 0 Å². The zero-order valence-electron chi connectivity index (χ0n) is 7.97. The minimum Gasteiger partial charge on any atom is -0.481 e. The van der Waals surface area contributed by atoms with Gasteiger partial charge in [0.25, 0.3) is 5.91 Å². The van der Waals surface area contributed by atoms with E-state index in [1.807, 2.05) is 0 Å². The van der Waals surface area contributed by atoms with E-state index in [1.54, 1.807) is 6.92 Å². The molecular formula is C9H13NO3. The van der Waals surface area contributed by atoms with Crippen molar-refractivity contribution in [2.24, 2.45) is 5.41 Å². The van der Waals surface area contributed by atoms with Crippen molar-refractivity contribution >= 4 is 11.9 Å². The van der Waals surface area contributed by atoms with Crippen molar-refractivity contribution < 1.29 is 14.7 Å². The average molecular weight is 183 g/mol. The van der Waals surface area contributed by atoms with E-state index in [2.05, 4.69) is 17.2 Å². The number of carboxylic acids is 1. The molecule has 2 N–H and O–H groups in total. The monoisotopic (exact) mass is 183 g/mol. The van der Waals surface area contributed by atoms with Gasteiger partial charge in [0.15, 0.2) is 0 Å². The average Bonchev–Trinajstić information content (AvgIpc) is 2.01. The van der Waals surface area contributed by atoms with Gasteiger partial charge in [-0.05, 0) is 26.7 Å². The molecule has 4 heteroatoms. The second-order valence-electron chi connectivity index (χ2n) is 3.25. The fraction of sp³-hybridized carbons (Fsp3) is 0.556. The molecule has 0 heterocycles. The van der Waals surface area contributed by atoms with Crippen molar-refractivity contribution in [2.45, 2.75) is 20.8 Å². The van der Waals surface area contributed by atoms with Crippen LogP contribution in [0.15, 0.2) is 0 Å². The molecule has 72 valence electrons. The van der Waals surface area contributed by atoms with Gasteiger partial charge in [-0.3, -0.25) is 9.59 Å². The largest absolute Gasteiger partial charge is 0.481 e. The Kier molecular flexibility index (Phi) is 3.99. The van der Waals surface area contributed by atoms with E-state index in [0.29, 0.717) is 0 Å². The molecule has 0 bridgehead atoms. The highest BCUT2D eigenvalue weighted by Gasteiger charge is 2.27. The first-order valence-corrected chi connectivity index (χ1v) is 3.84. The number of aliphatic carboxylic acids is 1. The molecule has 0 atom stereocenters. The van der Waals surface area contributed by atoms with Crippen molar-refractivity contribution in [1.82, 2.24) is 5.32 Å². The quantitative estimate of drug-likeness (QED) is 0.616.